The molecule has 20 heavy (non-hydrogen) atoms. The van der Waals surface area contributed by atoms with E-state index in [2.05, 4.69) is 10.1 Å². The minimum absolute atomic E-state index is 0.0589. The maximum Gasteiger partial charge on any atom is 0.172 e. The van der Waals surface area contributed by atoms with Gasteiger partial charge in [0.05, 0.1) is 19.4 Å². The van der Waals surface area contributed by atoms with Crippen molar-refractivity contribution in [1.82, 2.24) is 0 Å². The zero-order chi connectivity index (χ0) is 14.5. The Morgan fingerprint density at radius 3 is 2.75 bits per heavy atom. The second kappa shape index (κ2) is 6.47. The predicted octanol–water partition coefficient (Wildman–Crippen LogP) is 1.14. The van der Waals surface area contributed by atoms with Crippen LogP contribution in [0.2, 0.25) is 0 Å². The fourth-order valence-electron chi connectivity index (χ4n) is 2.45. The molecule has 0 aromatic heterocycles. The molecule has 1 aromatic rings. The molecule has 0 bridgehead atoms. The molecule has 0 saturated heterocycles. The third-order valence-electron chi connectivity index (χ3n) is 3.75. The van der Waals surface area contributed by atoms with Crippen LogP contribution in [0.4, 0.5) is 5.69 Å². The van der Waals surface area contributed by atoms with Crippen molar-refractivity contribution in [2.24, 2.45) is 10.9 Å². The van der Waals surface area contributed by atoms with Crippen molar-refractivity contribution in [3.63, 3.8) is 0 Å². The number of hydrogen-bond acceptors (Lipinski definition) is 5. The Kier molecular flexibility index (Phi) is 4.68. The summed E-state index contributed by atoms with van der Waals surface area (Å²) >= 11 is 0. The van der Waals surface area contributed by atoms with Crippen LogP contribution in [0, 0.1) is 0 Å². The molecule has 1 aliphatic carbocycles. The van der Waals surface area contributed by atoms with Gasteiger partial charge in [-0.25, -0.2) is 0 Å². The summed E-state index contributed by atoms with van der Waals surface area (Å²) in [6, 6.07) is 5.79. The molecule has 0 amide bonds. The van der Waals surface area contributed by atoms with Crippen molar-refractivity contribution >= 4 is 11.5 Å². The molecule has 0 aliphatic heterocycles. The standard InChI is InChI=1S/C14H21N3O3/c1-20-11-5-6-12(14(15)16-19)13(9-11)17(7-8-18)10-3-2-4-10/h5-6,9-10,18-19H,2-4,7-8H2,1H3,(H2,15,16). The first-order chi connectivity index (χ1) is 9.71. The van der Waals surface area contributed by atoms with E-state index in [1.807, 2.05) is 6.07 Å². The third kappa shape index (κ3) is 2.80. The lowest BCUT2D eigenvalue weighted by Gasteiger charge is -2.40. The number of nitrogens with zero attached hydrogens (tertiary/aromatic N) is 2. The third-order valence-corrected chi connectivity index (χ3v) is 3.75. The van der Waals surface area contributed by atoms with Crippen molar-refractivity contribution in [2.45, 2.75) is 25.3 Å². The largest absolute Gasteiger partial charge is 0.497 e. The number of methoxy groups -OCH3 is 1. The van der Waals surface area contributed by atoms with Crippen molar-refractivity contribution in [3.05, 3.63) is 23.8 Å². The maximum absolute atomic E-state index is 9.30. The fraction of sp³-hybridized carbons (Fsp3) is 0.500. The van der Waals surface area contributed by atoms with Crippen molar-refractivity contribution < 1.29 is 15.1 Å². The molecule has 1 fully saturated rings. The van der Waals surface area contributed by atoms with Gasteiger partial charge in [-0.15, -0.1) is 0 Å². The van der Waals surface area contributed by atoms with E-state index >= 15 is 0 Å². The van der Waals surface area contributed by atoms with Crippen molar-refractivity contribution in [3.8, 4) is 5.75 Å². The van der Waals surface area contributed by atoms with Crippen LogP contribution in [-0.2, 0) is 0 Å². The summed E-state index contributed by atoms with van der Waals surface area (Å²) < 4.78 is 5.25. The first-order valence-electron chi connectivity index (χ1n) is 6.74. The zero-order valence-electron chi connectivity index (χ0n) is 11.6. The molecular weight excluding hydrogens is 258 g/mol. The molecule has 0 heterocycles. The van der Waals surface area contributed by atoms with E-state index in [-0.39, 0.29) is 12.4 Å². The topological polar surface area (TPSA) is 91.3 Å². The van der Waals surface area contributed by atoms with Gasteiger partial charge in [0.1, 0.15) is 5.75 Å². The van der Waals surface area contributed by atoms with Crippen LogP contribution in [0.25, 0.3) is 0 Å². The van der Waals surface area contributed by atoms with Gasteiger partial charge in [-0.3, -0.25) is 0 Å². The summed E-state index contributed by atoms with van der Waals surface area (Å²) in [4.78, 5) is 2.11. The molecule has 0 unspecified atom stereocenters. The molecule has 2 rings (SSSR count). The van der Waals surface area contributed by atoms with E-state index in [0.29, 0.717) is 23.9 Å². The van der Waals surface area contributed by atoms with E-state index < -0.39 is 0 Å². The van der Waals surface area contributed by atoms with E-state index in [9.17, 15) is 5.11 Å². The van der Waals surface area contributed by atoms with E-state index in [1.165, 1.54) is 6.42 Å². The van der Waals surface area contributed by atoms with Crippen LogP contribution < -0.4 is 15.4 Å². The monoisotopic (exact) mass is 279 g/mol. The Morgan fingerprint density at radius 1 is 1.50 bits per heavy atom. The lowest BCUT2D eigenvalue weighted by atomic mass is 9.90. The van der Waals surface area contributed by atoms with E-state index in [1.54, 1.807) is 19.2 Å². The summed E-state index contributed by atoms with van der Waals surface area (Å²) in [6.07, 6.45) is 3.37. The molecule has 0 spiro atoms. The highest BCUT2D eigenvalue weighted by Gasteiger charge is 2.27. The van der Waals surface area contributed by atoms with Crippen LogP contribution in [-0.4, -0.2) is 42.5 Å². The Morgan fingerprint density at radius 2 is 2.25 bits per heavy atom. The van der Waals surface area contributed by atoms with Gasteiger partial charge < -0.3 is 25.7 Å². The van der Waals surface area contributed by atoms with E-state index in [4.69, 9.17) is 15.7 Å². The normalized spacial score (nSPS) is 15.8. The quantitative estimate of drug-likeness (QED) is 0.314. The van der Waals surface area contributed by atoms with Gasteiger partial charge in [-0.2, -0.15) is 0 Å². The van der Waals surface area contributed by atoms with E-state index in [0.717, 1.165) is 18.5 Å². The highest BCUT2D eigenvalue weighted by Crippen LogP contribution is 2.33. The molecule has 0 atom stereocenters. The van der Waals surface area contributed by atoms with Crippen LogP contribution in [0.1, 0.15) is 24.8 Å². The highest BCUT2D eigenvalue weighted by molar-refractivity contribution is 6.02. The Bertz CT molecular complexity index is 487. The highest BCUT2D eigenvalue weighted by atomic mass is 16.5. The number of anilines is 1. The summed E-state index contributed by atoms with van der Waals surface area (Å²) in [5.74, 6) is 0.765. The van der Waals surface area contributed by atoms with Crippen LogP contribution >= 0.6 is 0 Å². The molecule has 1 aliphatic rings. The number of nitrogens with two attached hydrogens (primary N) is 1. The predicted molar refractivity (Wildman–Crippen MR) is 77.6 cm³/mol. The van der Waals surface area contributed by atoms with Gasteiger partial charge in [0.15, 0.2) is 5.84 Å². The van der Waals surface area contributed by atoms with Crippen LogP contribution in [0.15, 0.2) is 23.4 Å². The van der Waals surface area contributed by atoms with Gasteiger partial charge in [0, 0.05) is 24.2 Å². The minimum Gasteiger partial charge on any atom is -0.497 e. The SMILES string of the molecule is COc1ccc(/C(N)=N/O)c(N(CCO)C2CCC2)c1. The number of aliphatic hydroxyl groups is 1. The maximum atomic E-state index is 9.30. The molecule has 6 nitrogen and oxygen atoms in total. The lowest BCUT2D eigenvalue weighted by Crippen LogP contribution is -2.43. The Balaban J connectivity index is 2.43. The molecule has 4 N–H and O–H groups in total. The Labute approximate surface area is 118 Å². The number of rotatable bonds is 6. The van der Waals surface area contributed by atoms with Crippen LogP contribution in [0.5, 0.6) is 5.75 Å². The number of aliphatic hydroxyl groups excluding tert-OH is 1. The van der Waals surface area contributed by atoms with Gasteiger partial charge in [-0.05, 0) is 31.4 Å². The summed E-state index contributed by atoms with van der Waals surface area (Å²) in [5, 5.41) is 21.3. The molecule has 0 radical (unpaired) electrons. The molecular formula is C14H21N3O3. The average molecular weight is 279 g/mol. The fourth-order valence-corrected chi connectivity index (χ4v) is 2.45. The number of amidine groups is 1. The molecule has 6 heteroatoms. The summed E-state index contributed by atoms with van der Waals surface area (Å²) in [5.41, 5.74) is 7.23. The second-order valence-electron chi connectivity index (χ2n) is 4.87. The summed E-state index contributed by atoms with van der Waals surface area (Å²) in [6.45, 7) is 0.576. The summed E-state index contributed by atoms with van der Waals surface area (Å²) in [7, 11) is 1.60. The number of benzene rings is 1. The second-order valence-corrected chi connectivity index (χ2v) is 4.87. The molecule has 110 valence electrons. The molecule has 1 saturated carbocycles. The zero-order valence-corrected chi connectivity index (χ0v) is 11.6. The lowest BCUT2D eigenvalue weighted by molar-refractivity contribution is 0.283. The van der Waals surface area contributed by atoms with Crippen molar-refractivity contribution in [2.75, 3.05) is 25.2 Å². The number of ether oxygens (including phenoxy) is 1. The van der Waals surface area contributed by atoms with Gasteiger partial charge >= 0.3 is 0 Å². The number of oxime groups is 1. The minimum atomic E-state index is 0.0589. The van der Waals surface area contributed by atoms with Gasteiger partial charge in [0.25, 0.3) is 0 Å². The average Bonchev–Trinajstić information content (AvgIpc) is 2.43. The Hall–Kier alpha value is -1.95. The number of hydrogen-bond donors (Lipinski definition) is 3. The molecule has 1 aromatic carbocycles. The van der Waals surface area contributed by atoms with Crippen LogP contribution in [0.3, 0.4) is 0 Å². The first kappa shape index (κ1) is 14.5. The smallest absolute Gasteiger partial charge is 0.172 e. The van der Waals surface area contributed by atoms with Crippen molar-refractivity contribution in [1.29, 1.82) is 0 Å². The first-order valence-corrected chi connectivity index (χ1v) is 6.74. The van der Waals surface area contributed by atoms with Gasteiger partial charge in [-0.1, -0.05) is 5.16 Å². The van der Waals surface area contributed by atoms with Gasteiger partial charge in [0.2, 0.25) is 0 Å².